The van der Waals surface area contributed by atoms with Crippen molar-refractivity contribution < 1.29 is 5.11 Å². The number of aryl methyl sites for hydroxylation is 1. The minimum atomic E-state index is -0.238. The van der Waals surface area contributed by atoms with Crippen molar-refractivity contribution >= 4 is 0 Å². The highest BCUT2D eigenvalue weighted by Gasteiger charge is 2.15. The lowest BCUT2D eigenvalue weighted by Gasteiger charge is -2.13. The van der Waals surface area contributed by atoms with E-state index in [1.807, 2.05) is 24.6 Å². The molecule has 0 radical (unpaired) electrons. The molecule has 0 fully saturated rings. The lowest BCUT2D eigenvalue weighted by Crippen LogP contribution is -2.21. The van der Waals surface area contributed by atoms with Crippen LogP contribution in [0.1, 0.15) is 25.5 Å². The fraction of sp³-hybridized carbons (Fsp3) is 0.417. The predicted molar refractivity (Wildman–Crippen MR) is 67.0 cm³/mol. The number of aliphatic hydroxyl groups excluding tert-OH is 1. The summed E-state index contributed by atoms with van der Waals surface area (Å²) in [5.74, 6) is 0. The maximum absolute atomic E-state index is 11.5. The van der Waals surface area contributed by atoms with Crippen LogP contribution >= 0.6 is 0 Å². The van der Waals surface area contributed by atoms with Crippen LogP contribution in [0.4, 0.5) is 0 Å². The average molecular weight is 248 g/mol. The van der Waals surface area contributed by atoms with E-state index >= 15 is 0 Å². The molecule has 18 heavy (non-hydrogen) atoms. The summed E-state index contributed by atoms with van der Waals surface area (Å²) >= 11 is 0. The summed E-state index contributed by atoms with van der Waals surface area (Å²) in [6.45, 7) is 3.80. The van der Waals surface area contributed by atoms with Gasteiger partial charge in [0, 0.05) is 30.9 Å². The molecule has 6 heteroatoms. The van der Waals surface area contributed by atoms with Gasteiger partial charge in [-0.05, 0) is 19.9 Å². The normalized spacial score (nSPS) is 11.2. The molecule has 0 aliphatic heterocycles. The highest BCUT2D eigenvalue weighted by Crippen LogP contribution is 2.22. The van der Waals surface area contributed by atoms with Crippen molar-refractivity contribution in [1.29, 1.82) is 0 Å². The van der Waals surface area contributed by atoms with Crippen molar-refractivity contribution in [2.75, 3.05) is 0 Å². The van der Waals surface area contributed by atoms with Crippen molar-refractivity contribution in [2.45, 2.75) is 26.5 Å². The lowest BCUT2D eigenvalue weighted by atomic mass is 10.1. The van der Waals surface area contributed by atoms with Crippen molar-refractivity contribution in [3.8, 4) is 11.4 Å². The minimum absolute atomic E-state index is 0.181. The first-order chi connectivity index (χ1) is 8.54. The summed E-state index contributed by atoms with van der Waals surface area (Å²) in [7, 11) is 1.59. The molecule has 96 valence electrons. The fourth-order valence-electron chi connectivity index (χ4n) is 1.82. The Morgan fingerprint density at radius 1 is 1.44 bits per heavy atom. The quantitative estimate of drug-likeness (QED) is 0.868. The topological polar surface area (TPSA) is 72.9 Å². The van der Waals surface area contributed by atoms with Gasteiger partial charge in [0.25, 0.3) is 5.56 Å². The molecule has 2 heterocycles. The van der Waals surface area contributed by atoms with Crippen molar-refractivity contribution in [1.82, 2.24) is 19.6 Å². The van der Waals surface area contributed by atoms with Crippen LogP contribution < -0.4 is 5.56 Å². The van der Waals surface area contributed by atoms with E-state index in [9.17, 15) is 9.90 Å². The fourth-order valence-corrected chi connectivity index (χ4v) is 1.82. The molecule has 0 aromatic carbocycles. The van der Waals surface area contributed by atoms with E-state index in [2.05, 4.69) is 10.2 Å². The van der Waals surface area contributed by atoms with Gasteiger partial charge in [-0.1, -0.05) is 0 Å². The Balaban J connectivity index is 2.66. The molecule has 0 saturated carbocycles. The van der Waals surface area contributed by atoms with E-state index in [4.69, 9.17) is 0 Å². The number of aliphatic hydroxyl groups is 1. The summed E-state index contributed by atoms with van der Waals surface area (Å²) in [5, 5.41) is 17.8. The third kappa shape index (κ3) is 2.06. The van der Waals surface area contributed by atoms with E-state index < -0.39 is 0 Å². The molecule has 0 spiro atoms. The van der Waals surface area contributed by atoms with Crippen LogP contribution in [0.15, 0.2) is 23.1 Å². The predicted octanol–water partition coefficient (Wildman–Crippen LogP) is 0.717. The van der Waals surface area contributed by atoms with Crippen molar-refractivity contribution in [3.63, 3.8) is 0 Å². The largest absolute Gasteiger partial charge is 0.392 e. The monoisotopic (exact) mass is 248 g/mol. The van der Waals surface area contributed by atoms with Gasteiger partial charge in [-0.2, -0.15) is 10.2 Å². The zero-order chi connectivity index (χ0) is 13.3. The molecule has 0 aliphatic carbocycles. The Morgan fingerprint density at radius 3 is 2.78 bits per heavy atom. The summed E-state index contributed by atoms with van der Waals surface area (Å²) in [6, 6.07) is 3.41. The van der Waals surface area contributed by atoms with E-state index in [1.54, 1.807) is 13.2 Å². The number of hydrogen-bond acceptors (Lipinski definition) is 4. The molecular weight excluding hydrogens is 232 g/mol. The SMILES string of the molecule is CC(C)n1nccc1-c1nn(C)c(=O)cc1CO. The summed E-state index contributed by atoms with van der Waals surface area (Å²) in [4.78, 5) is 11.5. The number of hydrogen-bond donors (Lipinski definition) is 1. The van der Waals surface area contributed by atoms with Gasteiger partial charge in [0.2, 0.25) is 0 Å². The van der Waals surface area contributed by atoms with Crippen LogP contribution in [0, 0.1) is 0 Å². The van der Waals surface area contributed by atoms with Crippen LogP contribution in [0.25, 0.3) is 11.4 Å². The lowest BCUT2D eigenvalue weighted by molar-refractivity contribution is 0.281. The van der Waals surface area contributed by atoms with Crippen molar-refractivity contribution in [3.05, 3.63) is 34.2 Å². The molecule has 0 atom stereocenters. The summed E-state index contributed by atoms with van der Waals surface area (Å²) in [5.41, 5.74) is 1.66. The summed E-state index contributed by atoms with van der Waals surface area (Å²) in [6.07, 6.45) is 1.68. The van der Waals surface area contributed by atoms with Crippen LogP contribution in [-0.4, -0.2) is 24.7 Å². The molecule has 2 rings (SSSR count). The van der Waals surface area contributed by atoms with E-state index in [-0.39, 0.29) is 18.2 Å². The van der Waals surface area contributed by atoms with Gasteiger partial charge in [-0.15, -0.1) is 0 Å². The minimum Gasteiger partial charge on any atom is -0.392 e. The molecule has 0 unspecified atom stereocenters. The van der Waals surface area contributed by atoms with Gasteiger partial charge in [0.1, 0.15) is 5.69 Å². The Bertz CT molecular complexity index is 613. The van der Waals surface area contributed by atoms with Crippen LogP contribution in [0.2, 0.25) is 0 Å². The van der Waals surface area contributed by atoms with Gasteiger partial charge in [0.15, 0.2) is 0 Å². The number of rotatable bonds is 3. The van der Waals surface area contributed by atoms with E-state index in [0.717, 1.165) is 5.69 Å². The van der Waals surface area contributed by atoms with Crippen LogP contribution in [0.5, 0.6) is 0 Å². The highest BCUT2D eigenvalue weighted by molar-refractivity contribution is 5.58. The second-order valence-electron chi connectivity index (χ2n) is 4.39. The Labute approximate surface area is 104 Å². The Morgan fingerprint density at radius 2 is 2.17 bits per heavy atom. The molecule has 0 aliphatic rings. The third-order valence-electron chi connectivity index (χ3n) is 2.74. The standard InChI is InChI=1S/C12H16N4O2/c1-8(2)16-10(4-5-13-16)12-9(7-17)6-11(18)15(3)14-12/h4-6,8,17H,7H2,1-3H3. The van der Waals surface area contributed by atoms with E-state index in [0.29, 0.717) is 11.3 Å². The summed E-state index contributed by atoms with van der Waals surface area (Å²) < 4.78 is 3.07. The molecule has 6 nitrogen and oxygen atoms in total. The second kappa shape index (κ2) is 4.73. The van der Waals surface area contributed by atoms with Gasteiger partial charge in [-0.3, -0.25) is 9.48 Å². The first-order valence-corrected chi connectivity index (χ1v) is 5.76. The molecular formula is C12H16N4O2. The number of nitrogens with zero attached hydrogens (tertiary/aromatic N) is 4. The molecule has 1 N–H and O–H groups in total. The molecule has 0 saturated heterocycles. The maximum Gasteiger partial charge on any atom is 0.266 e. The molecule has 2 aromatic rings. The van der Waals surface area contributed by atoms with Gasteiger partial charge < -0.3 is 5.11 Å². The Kier molecular flexibility index (Phi) is 3.29. The zero-order valence-electron chi connectivity index (χ0n) is 10.7. The van der Waals surface area contributed by atoms with Crippen LogP contribution in [0.3, 0.4) is 0 Å². The van der Waals surface area contributed by atoms with Gasteiger partial charge in [0.05, 0.1) is 12.3 Å². The molecule has 0 bridgehead atoms. The second-order valence-corrected chi connectivity index (χ2v) is 4.39. The highest BCUT2D eigenvalue weighted by atomic mass is 16.3. The first-order valence-electron chi connectivity index (χ1n) is 5.76. The number of aromatic nitrogens is 4. The third-order valence-corrected chi connectivity index (χ3v) is 2.74. The molecule has 2 aromatic heterocycles. The van der Waals surface area contributed by atoms with Gasteiger partial charge in [-0.25, -0.2) is 4.68 Å². The molecule has 0 amide bonds. The van der Waals surface area contributed by atoms with Gasteiger partial charge >= 0.3 is 0 Å². The van der Waals surface area contributed by atoms with E-state index in [1.165, 1.54) is 10.7 Å². The zero-order valence-corrected chi connectivity index (χ0v) is 10.7. The Hall–Kier alpha value is -1.95. The maximum atomic E-state index is 11.5. The smallest absolute Gasteiger partial charge is 0.266 e. The van der Waals surface area contributed by atoms with Crippen molar-refractivity contribution in [2.24, 2.45) is 7.05 Å². The van der Waals surface area contributed by atoms with Crippen LogP contribution in [-0.2, 0) is 13.7 Å². The average Bonchev–Trinajstić information content (AvgIpc) is 2.81. The first kappa shape index (κ1) is 12.5.